The van der Waals surface area contributed by atoms with Crippen molar-refractivity contribution in [3.05, 3.63) is 58.8 Å². The number of aromatic nitrogens is 2. The Morgan fingerprint density at radius 2 is 1.96 bits per heavy atom. The molecule has 4 rings (SSSR count). The van der Waals surface area contributed by atoms with E-state index in [9.17, 15) is 4.79 Å². The number of aryl methyl sites for hydroxylation is 2. The Morgan fingerprint density at radius 1 is 1.11 bits per heavy atom. The lowest BCUT2D eigenvalue weighted by Gasteiger charge is -2.17. The van der Waals surface area contributed by atoms with Gasteiger partial charge in [0.2, 0.25) is 0 Å². The second-order valence-electron chi connectivity index (χ2n) is 6.61. The van der Waals surface area contributed by atoms with Crippen LogP contribution in [0.2, 0.25) is 0 Å². The summed E-state index contributed by atoms with van der Waals surface area (Å²) in [6.45, 7) is 1.97. The zero-order valence-corrected chi connectivity index (χ0v) is 15.6. The molecule has 1 heterocycles. The maximum absolute atomic E-state index is 12.9. The number of carbonyl (C=O) groups excluding carboxylic acids is 1. The summed E-state index contributed by atoms with van der Waals surface area (Å²) in [6.07, 6.45) is 1.59. The second kappa shape index (κ2) is 6.79. The molecule has 0 fully saturated rings. The van der Waals surface area contributed by atoms with Crippen LogP contribution in [-0.2, 0) is 12.8 Å². The summed E-state index contributed by atoms with van der Waals surface area (Å²) < 4.78 is 10.7. The van der Waals surface area contributed by atoms with Gasteiger partial charge in [-0.3, -0.25) is 9.89 Å². The minimum atomic E-state index is -0.218. The van der Waals surface area contributed by atoms with Crippen LogP contribution in [0.1, 0.15) is 27.2 Å². The van der Waals surface area contributed by atoms with Crippen molar-refractivity contribution in [2.24, 2.45) is 0 Å². The number of hydrogen-bond acceptors (Lipinski definition) is 4. The Hall–Kier alpha value is -3.28. The van der Waals surface area contributed by atoms with Crippen LogP contribution in [-0.4, -0.2) is 30.3 Å². The van der Waals surface area contributed by atoms with E-state index in [2.05, 4.69) is 15.5 Å². The number of hydrogen-bond donors (Lipinski definition) is 2. The number of carbonyl (C=O) groups is 1. The van der Waals surface area contributed by atoms with Crippen molar-refractivity contribution >= 4 is 11.6 Å². The third kappa shape index (κ3) is 3.03. The molecule has 0 unspecified atom stereocenters. The number of rotatable bonds is 4. The van der Waals surface area contributed by atoms with Crippen molar-refractivity contribution in [2.45, 2.75) is 19.8 Å². The fourth-order valence-electron chi connectivity index (χ4n) is 3.52. The molecule has 0 saturated carbocycles. The summed E-state index contributed by atoms with van der Waals surface area (Å²) in [5.74, 6) is 1.24. The largest absolute Gasteiger partial charge is 0.497 e. The lowest BCUT2D eigenvalue weighted by molar-refractivity contribution is 0.102. The first kappa shape index (κ1) is 17.1. The molecular weight excluding hydrogens is 342 g/mol. The van der Waals surface area contributed by atoms with Crippen LogP contribution >= 0.6 is 0 Å². The van der Waals surface area contributed by atoms with Gasteiger partial charge < -0.3 is 14.8 Å². The number of H-pyrrole nitrogens is 1. The van der Waals surface area contributed by atoms with Crippen molar-refractivity contribution in [1.29, 1.82) is 0 Å². The highest BCUT2D eigenvalue weighted by atomic mass is 16.5. The van der Waals surface area contributed by atoms with Crippen LogP contribution in [0, 0.1) is 6.92 Å². The number of amides is 1. The fraction of sp³-hybridized carbons (Fsp3) is 0.238. The van der Waals surface area contributed by atoms with Crippen LogP contribution in [0.15, 0.2) is 36.4 Å². The van der Waals surface area contributed by atoms with Crippen LogP contribution in [0.3, 0.4) is 0 Å². The first-order valence-corrected chi connectivity index (χ1v) is 8.81. The van der Waals surface area contributed by atoms with Gasteiger partial charge in [0.05, 0.1) is 25.6 Å². The zero-order valence-electron chi connectivity index (χ0n) is 15.6. The Balaban J connectivity index is 1.66. The SMILES string of the molecule is COc1ccc2c(c1)CCc1c-2n[nH]c1C(=O)Nc1cc(C)ccc1OC. The van der Waals surface area contributed by atoms with Crippen molar-refractivity contribution in [3.8, 4) is 22.8 Å². The second-order valence-corrected chi connectivity index (χ2v) is 6.61. The Bertz CT molecular complexity index is 1020. The molecular formula is C21H21N3O3. The summed E-state index contributed by atoms with van der Waals surface area (Å²) in [4.78, 5) is 12.9. The van der Waals surface area contributed by atoms with Crippen molar-refractivity contribution in [1.82, 2.24) is 10.2 Å². The van der Waals surface area contributed by atoms with Gasteiger partial charge in [-0.15, -0.1) is 0 Å². The van der Waals surface area contributed by atoms with Crippen LogP contribution in [0.25, 0.3) is 11.3 Å². The molecule has 0 aliphatic heterocycles. The number of nitrogens with zero attached hydrogens (tertiary/aromatic N) is 1. The number of anilines is 1. The molecule has 2 N–H and O–H groups in total. The minimum absolute atomic E-state index is 0.218. The normalized spacial score (nSPS) is 12.1. The van der Waals surface area contributed by atoms with E-state index in [1.54, 1.807) is 14.2 Å². The molecule has 27 heavy (non-hydrogen) atoms. The number of methoxy groups -OCH3 is 2. The van der Waals surface area contributed by atoms with Gasteiger partial charge in [0.15, 0.2) is 0 Å². The minimum Gasteiger partial charge on any atom is -0.497 e. The fourth-order valence-corrected chi connectivity index (χ4v) is 3.52. The predicted molar refractivity (Wildman–Crippen MR) is 104 cm³/mol. The average molecular weight is 363 g/mol. The summed E-state index contributed by atoms with van der Waals surface area (Å²) in [7, 11) is 3.25. The van der Waals surface area contributed by atoms with Gasteiger partial charge in [0.25, 0.3) is 5.91 Å². The standard InChI is InChI=1S/C21H21N3O3/c1-12-4-9-18(27-3)17(10-12)22-21(25)20-16-7-5-13-11-14(26-2)6-8-15(13)19(16)23-24-20/h4,6,8-11H,5,7H2,1-3H3,(H,22,25)(H,23,24). The van der Waals surface area contributed by atoms with Gasteiger partial charge in [-0.1, -0.05) is 6.07 Å². The van der Waals surface area contributed by atoms with Gasteiger partial charge in [0, 0.05) is 11.1 Å². The van der Waals surface area contributed by atoms with Gasteiger partial charge in [-0.25, -0.2) is 0 Å². The van der Waals surface area contributed by atoms with Crippen LogP contribution in [0.4, 0.5) is 5.69 Å². The van der Waals surface area contributed by atoms with Gasteiger partial charge >= 0.3 is 0 Å². The molecule has 1 aromatic heterocycles. The summed E-state index contributed by atoms with van der Waals surface area (Å²) >= 11 is 0. The Morgan fingerprint density at radius 3 is 2.74 bits per heavy atom. The zero-order chi connectivity index (χ0) is 19.0. The highest BCUT2D eigenvalue weighted by Gasteiger charge is 2.26. The number of fused-ring (bicyclic) bond motifs is 3. The lowest BCUT2D eigenvalue weighted by atomic mass is 9.89. The summed E-state index contributed by atoms with van der Waals surface area (Å²) in [5.41, 5.74) is 6.18. The molecule has 138 valence electrons. The third-order valence-corrected chi connectivity index (χ3v) is 4.91. The molecule has 2 aromatic carbocycles. The molecule has 1 aliphatic rings. The number of ether oxygens (including phenoxy) is 2. The van der Waals surface area contributed by atoms with Crippen LogP contribution < -0.4 is 14.8 Å². The average Bonchev–Trinajstić information content (AvgIpc) is 3.12. The van der Waals surface area contributed by atoms with Crippen molar-refractivity contribution < 1.29 is 14.3 Å². The number of aromatic amines is 1. The molecule has 1 aliphatic carbocycles. The lowest BCUT2D eigenvalue weighted by Crippen LogP contribution is -2.16. The van der Waals surface area contributed by atoms with E-state index in [-0.39, 0.29) is 5.91 Å². The Kier molecular flexibility index (Phi) is 4.32. The monoisotopic (exact) mass is 363 g/mol. The van der Waals surface area contributed by atoms with E-state index in [1.165, 1.54) is 5.56 Å². The van der Waals surface area contributed by atoms with E-state index in [1.807, 2.05) is 43.3 Å². The molecule has 6 heteroatoms. The van der Waals surface area contributed by atoms with E-state index >= 15 is 0 Å². The maximum Gasteiger partial charge on any atom is 0.274 e. The van der Waals surface area contributed by atoms with Gasteiger partial charge in [-0.05, 0) is 61.2 Å². The first-order chi connectivity index (χ1) is 13.1. The number of nitrogens with one attached hydrogen (secondary N) is 2. The van der Waals surface area contributed by atoms with E-state index in [4.69, 9.17) is 9.47 Å². The van der Waals surface area contributed by atoms with Crippen molar-refractivity contribution in [3.63, 3.8) is 0 Å². The molecule has 0 spiro atoms. The molecule has 0 saturated heterocycles. The van der Waals surface area contributed by atoms with E-state index in [0.717, 1.165) is 41.0 Å². The first-order valence-electron chi connectivity index (χ1n) is 8.81. The highest BCUT2D eigenvalue weighted by molar-refractivity contribution is 6.05. The third-order valence-electron chi connectivity index (χ3n) is 4.91. The molecule has 6 nitrogen and oxygen atoms in total. The van der Waals surface area contributed by atoms with Crippen molar-refractivity contribution in [2.75, 3.05) is 19.5 Å². The molecule has 1 amide bonds. The quantitative estimate of drug-likeness (QED) is 0.740. The van der Waals surface area contributed by atoms with Crippen LogP contribution in [0.5, 0.6) is 11.5 Å². The summed E-state index contributed by atoms with van der Waals surface area (Å²) in [6, 6.07) is 11.6. The van der Waals surface area contributed by atoms with E-state index < -0.39 is 0 Å². The Labute approximate surface area is 157 Å². The molecule has 0 atom stereocenters. The maximum atomic E-state index is 12.9. The topological polar surface area (TPSA) is 76.2 Å². The molecule has 0 bridgehead atoms. The highest BCUT2D eigenvalue weighted by Crippen LogP contribution is 2.36. The van der Waals surface area contributed by atoms with Gasteiger partial charge in [-0.2, -0.15) is 5.10 Å². The molecule has 0 radical (unpaired) electrons. The predicted octanol–water partition coefficient (Wildman–Crippen LogP) is 3.75. The van der Waals surface area contributed by atoms with E-state index in [0.29, 0.717) is 17.1 Å². The summed E-state index contributed by atoms with van der Waals surface area (Å²) in [5, 5.41) is 10.3. The molecule has 3 aromatic rings. The van der Waals surface area contributed by atoms with Gasteiger partial charge in [0.1, 0.15) is 17.2 Å². The smallest absolute Gasteiger partial charge is 0.274 e. The number of benzene rings is 2.